The van der Waals surface area contributed by atoms with Gasteiger partial charge in [0.2, 0.25) is 5.91 Å². The first kappa shape index (κ1) is 13.1. The van der Waals surface area contributed by atoms with E-state index in [1.807, 2.05) is 37.3 Å². The quantitative estimate of drug-likeness (QED) is 0.914. The minimum absolute atomic E-state index is 0.0930. The number of amides is 1. The summed E-state index contributed by atoms with van der Waals surface area (Å²) < 4.78 is 5.12. The smallest absolute Gasteiger partial charge is 0.229 e. The van der Waals surface area contributed by atoms with E-state index in [2.05, 4.69) is 10.3 Å². The largest absolute Gasteiger partial charge is 0.497 e. The summed E-state index contributed by atoms with van der Waals surface area (Å²) >= 11 is 0. The summed E-state index contributed by atoms with van der Waals surface area (Å²) in [5.74, 6) is 1.22. The summed E-state index contributed by atoms with van der Waals surface area (Å²) in [7, 11) is 1.61. The average Bonchev–Trinajstić information content (AvgIpc) is 2.41. The molecule has 0 radical (unpaired) electrons. The standard InChI is InChI=1S/C15H16N2O2/c1-11-6-7-14(16-10-11)17-15(18)9-12-4-3-5-13(8-12)19-2/h3-8,10H,9H2,1-2H3,(H,16,17,18). The molecule has 0 saturated carbocycles. The number of carbonyl (C=O) groups is 1. The van der Waals surface area contributed by atoms with Gasteiger partial charge >= 0.3 is 0 Å². The van der Waals surface area contributed by atoms with Gasteiger partial charge in [-0.05, 0) is 36.2 Å². The van der Waals surface area contributed by atoms with E-state index in [1.165, 1.54) is 0 Å². The number of carbonyl (C=O) groups excluding carboxylic acids is 1. The molecule has 0 spiro atoms. The molecule has 0 aliphatic rings. The van der Waals surface area contributed by atoms with Crippen molar-refractivity contribution < 1.29 is 9.53 Å². The predicted molar refractivity (Wildman–Crippen MR) is 74.3 cm³/mol. The Hall–Kier alpha value is -2.36. The molecule has 1 N–H and O–H groups in total. The van der Waals surface area contributed by atoms with Crippen LogP contribution in [0.4, 0.5) is 5.82 Å². The van der Waals surface area contributed by atoms with Crippen molar-refractivity contribution in [3.63, 3.8) is 0 Å². The fourth-order valence-electron chi connectivity index (χ4n) is 1.70. The van der Waals surface area contributed by atoms with E-state index in [9.17, 15) is 4.79 Å². The van der Waals surface area contributed by atoms with Crippen LogP contribution in [0.15, 0.2) is 42.6 Å². The Morgan fingerprint density at radius 3 is 2.84 bits per heavy atom. The molecule has 1 amide bonds. The fraction of sp³-hybridized carbons (Fsp3) is 0.200. The van der Waals surface area contributed by atoms with Gasteiger partial charge in [0.1, 0.15) is 11.6 Å². The molecule has 1 aromatic heterocycles. The molecule has 19 heavy (non-hydrogen) atoms. The predicted octanol–water partition coefficient (Wildman–Crippen LogP) is 2.58. The SMILES string of the molecule is COc1cccc(CC(=O)Nc2ccc(C)cn2)c1. The number of aryl methyl sites for hydroxylation is 1. The summed E-state index contributed by atoms with van der Waals surface area (Å²) in [4.78, 5) is 16.0. The molecule has 0 aliphatic carbocycles. The Balaban J connectivity index is 1.99. The second-order valence-corrected chi connectivity index (χ2v) is 4.30. The fourth-order valence-corrected chi connectivity index (χ4v) is 1.70. The van der Waals surface area contributed by atoms with Crippen LogP contribution in [0, 0.1) is 6.92 Å². The lowest BCUT2D eigenvalue weighted by atomic mass is 10.1. The number of hydrogen-bond donors (Lipinski definition) is 1. The molecule has 1 aromatic carbocycles. The molecule has 4 nitrogen and oxygen atoms in total. The van der Waals surface area contributed by atoms with Crippen molar-refractivity contribution in [3.8, 4) is 5.75 Å². The van der Waals surface area contributed by atoms with Gasteiger partial charge in [-0.2, -0.15) is 0 Å². The normalized spacial score (nSPS) is 10.0. The summed E-state index contributed by atoms with van der Waals surface area (Å²) in [6, 6.07) is 11.2. The van der Waals surface area contributed by atoms with Crippen LogP contribution in [0.3, 0.4) is 0 Å². The third-order valence-corrected chi connectivity index (χ3v) is 2.68. The van der Waals surface area contributed by atoms with E-state index in [0.717, 1.165) is 16.9 Å². The highest BCUT2D eigenvalue weighted by atomic mass is 16.5. The first-order valence-corrected chi connectivity index (χ1v) is 6.03. The maximum absolute atomic E-state index is 11.9. The molecule has 0 fully saturated rings. The molecule has 98 valence electrons. The molecule has 0 atom stereocenters. The molecule has 1 heterocycles. The number of rotatable bonds is 4. The molecule has 2 rings (SSSR count). The lowest BCUT2D eigenvalue weighted by molar-refractivity contribution is -0.115. The number of ether oxygens (including phenoxy) is 1. The molecule has 4 heteroatoms. The van der Waals surface area contributed by atoms with Crippen molar-refractivity contribution in [1.29, 1.82) is 0 Å². The molecular formula is C15H16N2O2. The van der Waals surface area contributed by atoms with E-state index in [1.54, 1.807) is 19.4 Å². The highest BCUT2D eigenvalue weighted by Gasteiger charge is 2.05. The monoisotopic (exact) mass is 256 g/mol. The Morgan fingerprint density at radius 1 is 1.32 bits per heavy atom. The zero-order chi connectivity index (χ0) is 13.7. The number of anilines is 1. The Kier molecular flexibility index (Phi) is 4.13. The molecule has 0 saturated heterocycles. The van der Waals surface area contributed by atoms with Gasteiger partial charge in [-0.15, -0.1) is 0 Å². The van der Waals surface area contributed by atoms with Crippen LogP contribution >= 0.6 is 0 Å². The van der Waals surface area contributed by atoms with Crippen LogP contribution in [0.1, 0.15) is 11.1 Å². The first-order chi connectivity index (χ1) is 9.17. The third-order valence-electron chi connectivity index (χ3n) is 2.68. The number of pyridine rings is 1. The van der Waals surface area contributed by atoms with Crippen LogP contribution in [0.25, 0.3) is 0 Å². The maximum atomic E-state index is 11.9. The van der Waals surface area contributed by atoms with Crippen LogP contribution in [0.5, 0.6) is 5.75 Å². The van der Waals surface area contributed by atoms with Gasteiger partial charge < -0.3 is 10.1 Å². The molecular weight excluding hydrogens is 240 g/mol. The Labute approximate surface area is 112 Å². The van der Waals surface area contributed by atoms with Gasteiger partial charge in [0.05, 0.1) is 13.5 Å². The molecule has 0 unspecified atom stereocenters. The Morgan fingerprint density at radius 2 is 2.16 bits per heavy atom. The minimum atomic E-state index is -0.0930. The Bertz CT molecular complexity index is 565. The number of hydrogen-bond acceptors (Lipinski definition) is 3. The summed E-state index contributed by atoms with van der Waals surface area (Å²) in [6.07, 6.45) is 2.02. The molecule has 2 aromatic rings. The van der Waals surface area contributed by atoms with Crippen molar-refractivity contribution >= 4 is 11.7 Å². The summed E-state index contributed by atoms with van der Waals surface area (Å²) in [6.45, 7) is 1.95. The zero-order valence-electron chi connectivity index (χ0n) is 11.0. The number of nitrogens with one attached hydrogen (secondary N) is 1. The molecule has 0 bridgehead atoms. The van der Waals surface area contributed by atoms with Crippen molar-refractivity contribution in [2.24, 2.45) is 0 Å². The van der Waals surface area contributed by atoms with E-state index in [-0.39, 0.29) is 5.91 Å². The number of methoxy groups -OCH3 is 1. The number of nitrogens with zero attached hydrogens (tertiary/aromatic N) is 1. The van der Waals surface area contributed by atoms with Crippen LogP contribution in [-0.4, -0.2) is 18.0 Å². The second-order valence-electron chi connectivity index (χ2n) is 4.30. The highest BCUT2D eigenvalue weighted by Crippen LogP contribution is 2.13. The van der Waals surface area contributed by atoms with Gasteiger partial charge in [0, 0.05) is 6.20 Å². The minimum Gasteiger partial charge on any atom is -0.497 e. The van der Waals surface area contributed by atoms with Gasteiger partial charge in [-0.25, -0.2) is 4.98 Å². The van der Waals surface area contributed by atoms with E-state index in [0.29, 0.717) is 12.2 Å². The van der Waals surface area contributed by atoms with Crippen LogP contribution in [-0.2, 0) is 11.2 Å². The lowest BCUT2D eigenvalue weighted by Crippen LogP contribution is -2.15. The van der Waals surface area contributed by atoms with Gasteiger partial charge in [0.25, 0.3) is 0 Å². The molecule has 0 aliphatic heterocycles. The van der Waals surface area contributed by atoms with Gasteiger partial charge in [-0.3, -0.25) is 4.79 Å². The van der Waals surface area contributed by atoms with Crippen molar-refractivity contribution in [3.05, 3.63) is 53.7 Å². The lowest BCUT2D eigenvalue weighted by Gasteiger charge is -2.06. The summed E-state index contributed by atoms with van der Waals surface area (Å²) in [5.41, 5.74) is 1.97. The third kappa shape index (κ3) is 3.81. The van der Waals surface area contributed by atoms with Crippen molar-refractivity contribution in [2.45, 2.75) is 13.3 Å². The van der Waals surface area contributed by atoms with Gasteiger partial charge in [0.15, 0.2) is 0 Å². The topological polar surface area (TPSA) is 51.2 Å². The maximum Gasteiger partial charge on any atom is 0.229 e. The van der Waals surface area contributed by atoms with E-state index >= 15 is 0 Å². The summed E-state index contributed by atoms with van der Waals surface area (Å²) in [5, 5.41) is 2.76. The van der Waals surface area contributed by atoms with Crippen molar-refractivity contribution in [1.82, 2.24) is 4.98 Å². The van der Waals surface area contributed by atoms with Crippen LogP contribution < -0.4 is 10.1 Å². The van der Waals surface area contributed by atoms with E-state index in [4.69, 9.17) is 4.74 Å². The average molecular weight is 256 g/mol. The van der Waals surface area contributed by atoms with Crippen molar-refractivity contribution in [2.75, 3.05) is 12.4 Å². The number of aromatic nitrogens is 1. The highest BCUT2D eigenvalue weighted by molar-refractivity contribution is 5.91. The first-order valence-electron chi connectivity index (χ1n) is 6.03. The van der Waals surface area contributed by atoms with Crippen LogP contribution in [0.2, 0.25) is 0 Å². The van der Waals surface area contributed by atoms with E-state index < -0.39 is 0 Å². The zero-order valence-corrected chi connectivity index (χ0v) is 11.0. The number of benzene rings is 1. The van der Waals surface area contributed by atoms with Gasteiger partial charge in [-0.1, -0.05) is 18.2 Å². The second kappa shape index (κ2) is 6.00.